The third-order valence-electron chi connectivity index (χ3n) is 3.72. The summed E-state index contributed by atoms with van der Waals surface area (Å²) in [7, 11) is -1.60. The first-order valence-electron chi connectivity index (χ1n) is 6.08. The van der Waals surface area contributed by atoms with Crippen LogP contribution < -0.4 is 0 Å². The van der Waals surface area contributed by atoms with Crippen molar-refractivity contribution >= 4 is 8.07 Å². The van der Waals surface area contributed by atoms with Crippen molar-refractivity contribution in [2.24, 2.45) is 0 Å². The molecule has 0 saturated carbocycles. The van der Waals surface area contributed by atoms with Crippen LogP contribution in [0.3, 0.4) is 0 Å². The van der Waals surface area contributed by atoms with Gasteiger partial charge in [0.15, 0.2) is 0 Å². The first kappa shape index (κ1) is 14.9. The fraction of sp³-hybridized carbons (Fsp3) is 0.846. The highest BCUT2D eigenvalue weighted by Gasteiger charge is 2.40. The number of aliphatic hydroxyl groups is 1. The summed E-state index contributed by atoms with van der Waals surface area (Å²) < 4.78 is 0. The molecule has 0 aliphatic rings. The number of hydrogen-bond acceptors (Lipinski definition) is 1. The molecule has 2 heteroatoms. The number of rotatable bonds is 5. The van der Waals surface area contributed by atoms with E-state index in [2.05, 4.69) is 46.9 Å². The van der Waals surface area contributed by atoms with Gasteiger partial charge in [-0.1, -0.05) is 65.8 Å². The zero-order chi connectivity index (χ0) is 12.1. The highest BCUT2D eigenvalue weighted by molar-refractivity contribution is 6.81. The summed E-state index contributed by atoms with van der Waals surface area (Å²) in [6, 6.07) is 0. The van der Waals surface area contributed by atoms with Crippen LogP contribution >= 0.6 is 0 Å². The van der Waals surface area contributed by atoms with Crippen LogP contribution in [0.4, 0.5) is 0 Å². The number of aliphatic hydroxyl groups excluding tert-OH is 1. The Morgan fingerprint density at radius 1 is 1.27 bits per heavy atom. The molecule has 1 N–H and O–H groups in total. The number of unbranched alkanes of at least 4 members (excludes halogenated alkanes) is 2. The summed E-state index contributed by atoms with van der Waals surface area (Å²) in [5, 5.41) is 10.4. The Hall–Kier alpha value is -0.0831. The zero-order valence-corrected chi connectivity index (χ0v) is 12.3. The molecular weight excluding hydrogens is 200 g/mol. The first-order chi connectivity index (χ1) is 6.73. The third kappa shape index (κ3) is 4.52. The van der Waals surface area contributed by atoms with Crippen molar-refractivity contribution in [1.29, 1.82) is 0 Å². The van der Waals surface area contributed by atoms with Crippen LogP contribution in [-0.4, -0.2) is 18.9 Å². The Morgan fingerprint density at radius 2 is 1.80 bits per heavy atom. The van der Waals surface area contributed by atoms with E-state index >= 15 is 0 Å². The molecular formula is C13H28OSi. The fourth-order valence-electron chi connectivity index (χ4n) is 1.23. The molecule has 0 aliphatic carbocycles. The van der Waals surface area contributed by atoms with Gasteiger partial charge in [-0.05, 0) is 11.5 Å². The molecule has 0 rings (SSSR count). The number of hydrogen-bond donors (Lipinski definition) is 1. The van der Waals surface area contributed by atoms with E-state index in [9.17, 15) is 5.11 Å². The van der Waals surface area contributed by atoms with E-state index in [1.807, 2.05) is 6.08 Å². The normalized spacial score (nSPS) is 15.9. The van der Waals surface area contributed by atoms with Crippen molar-refractivity contribution in [1.82, 2.24) is 0 Å². The maximum atomic E-state index is 10.2. The van der Waals surface area contributed by atoms with Crippen molar-refractivity contribution in [3.63, 3.8) is 0 Å². The molecule has 1 atom stereocenters. The minimum absolute atomic E-state index is 0.214. The van der Waals surface area contributed by atoms with Crippen LogP contribution in [0.2, 0.25) is 18.1 Å². The molecule has 0 radical (unpaired) electrons. The second kappa shape index (κ2) is 5.85. The molecule has 0 spiro atoms. The van der Waals surface area contributed by atoms with Crippen LogP contribution in [0.5, 0.6) is 0 Å². The van der Waals surface area contributed by atoms with Gasteiger partial charge in [0.25, 0.3) is 0 Å². The summed E-state index contributed by atoms with van der Waals surface area (Å²) >= 11 is 0. The van der Waals surface area contributed by atoms with Gasteiger partial charge in [-0.3, -0.25) is 0 Å². The van der Waals surface area contributed by atoms with Crippen LogP contribution in [0.25, 0.3) is 0 Å². The Balaban J connectivity index is 4.31. The molecule has 0 fully saturated rings. The summed E-state index contributed by atoms with van der Waals surface area (Å²) in [5.41, 5.74) is -0.214. The summed E-state index contributed by atoms with van der Waals surface area (Å²) in [5.74, 6) is 0. The predicted octanol–water partition coefficient (Wildman–Crippen LogP) is 4.14. The number of allylic oxidation sites excluding steroid dienone is 1. The van der Waals surface area contributed by atoms with Gasteiger partial charge in [0.2, 0.25) is 0 Å². The quantitative estimate of drug-likeness (QED) is 0.426. The van der Waals surface area contributed by atoms with E-state index < -0.39 is 8.07 Å². The molecule has 0 heterocycles. The Kier molecular flexibility index (Phi) is 5.82. The zero-order valence-electron chi connectivity index (χ0n) is 11.3. The Labute approximate surface area is 96.6 Å². The minimum Gasteiger partial charge on any atom is -0.393 e. The van der Waals surface area contributed by atoms with Crippen LogP contribution in [0, 0.1) is 0 Å². The van der Waals surface area contributed by atoms with Gasteiger partial charge in [0, 0.05) is 0 Å². The highest BCUT2D eigenvalue weighted by Crippen LogP contribution is 2.38. The molecule has 1 unspecified atom stereocenters. The van der Waals surface area contributed by atoms with E-state index in [1.165, 1.54) is 12.8 Å². The second-order valence-corrected chi connectivity index (χ2v) is 11.5. The van der Waals surface area contributed by atoms with Crippen LogP contribution in [-0.2, 0) is 0 Å². The monoisotopic (exact) mass is 228 g/mol. The highest BCUT2D eigenvalue weighted by atomic mass is 28.3. The largest absolute Gasteiger partial charge is 0.393 e. The minimum atomic E-state index is -1.60. The van der Waals surface area contributed by atoms with Gasteiger partial charge < -0.3 is 5.11 Å². The molecule has 0 aliphatic heterocycles. The molecule has 0 amide bonds. The molecule has 15 heavy (non-hydrogen) atoms. The van der Waals surface area contributed by atoms with E-state index in [-0.39, 0.29) is 10.8 Å². The van der Waals surface area contributed by atoms with Gasteiger partial charge in [0.05, 0.1) is 13.8 Å². The predicted molar refractivity (Wildman–Crippen MR) is 71.9 cm³/mol. The maximum absolute atomic E-state index is 10.2. The van der Waals surface area contributed by atoms with Gasteiger partial charge in [-0.2, -0.15) is 0 Å². The maximum Gasteiger partial charge on any atom is 0.0914 e. The fourth-order valence-corrected chi connectivity index (χ4v) is 2.74. The summed E-state index contributed by atoms with van der Waals surface area (Å²) in [6.07, 6.45) is 7.71. The lowest BCUT2D eigenvalue weighted by atomic mass is 10.2. The molecule has 0 bridgehead atoms. The van der Waals surface area contributed by atoms with Gasteiger partial charge in [0.1, 0.15) is 0 Å². The molecule has 0 saturated heterocycles. The Bertz CT molecular complexity index is 201. The van der Waals surface area contributed by atoms with E-state index in [0.717, 1.165) is 6.42 Å². The SMILES string of the molecule is CCCCC=CC(O)[Si](C)(C)C(C)(C)C. The van der Waals surface area contributed by atoms with E-state index in [4.69, 9.17) is 0 Å². The third-order valence-corrected chi connectivity index (χ3v) is 9.25. The van der Waals surface area contributed by atoms with Crippen LogP contribution in [0.15, 0.2) is 12.2 Å². The standard InChI is InChI=1S/C13H28OSi/c1-7-8-9-10-11-12(14)15(5,6)13(2,3)4/h10-12,14H,7-9H2,1-6H3. The first-order valence-corrected chi connectivity index (χ1v) is 9.16. The lowest BCUT2D eigenvalue weighted by Crippen LogP contribution is -2.48. The van der Waals surface area contributed by atoms with Crippen molar-refractivity contribution in [3.8, 4) is 0 Å². The average molecular weight is 228 g/mol. The average Bonchev–Trinajstić information content (AvgIpc) is 2.10. The van der Waals surface area contributed by atoms with Crippen LogP contribution in [0.1, 0.15) is 47.0 Å². The molecule has 0 aromatic carbocycles. The lowest BCUT2D eigenvalue weighted by Gasteiger charge is -2.39. The second-order valence-electron chi connectivity index (χ2n) is 5.99. The lowest BCUT2D eigenvalue weighted by molar-refractivity contribution is 0.283. The van der Waals surface area contributed by atoms with E-state index in [1.54, 1.807) is 0 Å². The molecule has 0 aromatic rings. The van der Waals surface area contributed by atoms with Crippen molar-refractivity contribution < 1.29 is 5.11 Å². The molecule has 0 aromatic heterocycles. The topological polar surface area (TPSA) is 20.2 Å². The Morgan fingerprint density at radius 3 is 2.20 bits per heavy atom. The van der Waals surface area contributed by atoms with Gasteiger partial charge in [-0.25, -0.2) is 0 Å². The molecule has 90 valence electrons. The van der Waals surface area contributed by atoms with Gasteiger partial charge >= 0.3 is 0 Å². The smallest absolute Gasteiger partial charge is 0.0914 e. The molecule has 1 nitrogen and oxygen atoms in total. The van der Waals surface area contributed by atoms with E-state index in [0.29, 0.717) is 0 Å². The van der Waals surface area contributed by atoms with Crippen molar-refractivity contribution in [2.75, 3.05) is 0 Å². The van der Waals surface area contributed by atoms with Crippen molar-refractivity contribution in [2.45, 2.75) is 70.8 Å². The summed E-state index contributed by atoms with van der Waals surface area (Å²) in [6.45, 7) is 13.4. The summed E-state index contributed by atoms with van der Waals surface area (Å²) in [4.78, 5) is 0. The van der Waals surface area contributed by atoms with Gasteiger partial charge in [-0.15, -0.1) is 0 Å². The van der Waals surface area contributed by atoms with Crippen molar-refractivity contribution in [3.05, 3.63) is 12.2 Å².